The Labute approximate surface area is 130 Å². The molecule has 0 aromatic heterocycles. The van der Waals surface area contributed by atoms with E-state index in [1.807, 2.05) is 0 Å². The van der Waals surface area contributed by atoms with Crippen molar-refractivity contribution in [3.05, 3.63) is 0 Å². The van der Waals surface area contributed by atoms with Gasteiger partial charge in [0.05, 0.1) is 5.66 Å². The van der Waals surface area contributed by atoms with Crippen LogP contribution in [0.2, 0.25) is 0 Å². The van der Waals surface area contributed by atoms with Gasteiger partial charge in [-0.15, -0.1) is 0 Å². The molecule has 0 aromatic rings. The molecule has 4 aliphatic carbocycles. The van der Waals surface area contributed by atoms with Crippen molar-refractivity contribution >= 4 is 0 Å². The topological polar surface area (TPSA) is 52.0 Å². The van der Waals surface area contributed by atoms with E-state index in [-0.39, 0.29) is 5.66 Å². The Morgan fingerprint density at radius 1 is 0.810 bits per heavy atom. The van der Waals surface area contributed by atoms with Gasteiger partial charge in [-0.3, -0.25) is 0 Å². The zero-order chi connectivity index (χ0) is 14.9. The maximum Gasteiger partial charge on any atom is 0.0639 e. The molecule has 6 atom stereocenters. The first-order valence-electron chi connectivity index (χ1n) is 9.42. The number of hydrogen-bond donors (Lipinski definition) is 2. The van der Waals surface area contributed by atoms with Gasteiger partial charge in [0, 0.05) is 0 Å². The molecule has 0 amide bonds. The predicted octanol–water partition coefficient (Wildman–Crippen LogP) is 4.03. The molecule has 0 radical (unpaired) electrons. The molecule has 2 heteroatoms. The SMILES string of the molecule is C[C@@]12CCC[C@H]1[C@@H]1CCC3CC(N)(N)CC[C@]3(C)[C@H]1CC2. The van der Waals surface area contributed by atoms with Crippen LogP contribution in [0.5, 0.6) is 0 Å². The van der Waals surface area contributed by atoms with Gasteiger partial charge in [0.25, 0.3) is 0 Å². The van der Waals surface area contributed by atoms with E-state index < -0.39 is 0 Å². The van der Waals surface area contributed by atoms with E-state index in [4.69, 9.17) is 11.5 Å². The van der Waals surface area contributed by atoms with E-state index in [0.29, 0.717) is 10.8 Å². The summed E-state index contributed by atoms with van der Waals surface area (Å²) >= 11 is 0. The highest BCUT2D eigenvalue weighted by Crippen LogP contribution is 2.66. The summed E-state index contributed by atoms with van der Waals surface area (Å²) in [4.78, 5) is 0. The molecule has 120 valence electrons. The largest absolute Gasteiger partial charge is 0.313 e. The van der Waals surface area contributed by atoms with Crippen molar-refractivity contribution in [2.75, 3.05) is 0 Å². The fourth-order valence-corrected chi connectivity index (χ4v) is 7.32. The van der Waals surface area contributed by atoms with Crippen molar-refractivity contribution in [3.63, 3.8) is 0 Å². The van der Waals surface area contributed by atoms with Gasteiger partial charge in [0.1, 0.15) is 0 Å². The van der Waals surface area contributed by atoms with Crippen LogP contribution in [0, 0.1) is 34.5 Å². The van der Waals surface area contributed by atoms with Crippen molar-refractivity contribution in [1.82, 2.24) is 0 Å². The normalized spacial score (nSPS) is 55.4. The fourth-order valence-electron chi connectivity index (χ4n) is 7.32. The summed E-state index contributed by atoms with van der Waals surface area (Å²) in [6, 6.07) is 0. The van der Waals surface area contributed by atoms with Crippen molar-refractivity contribution in [1.29, 1.82) is 0 Å². The van der Waals surface area contributed by atoms with Gasteiger partial charge in [0.2, 0.25) is 0 Å². The summed E-state index contributed by atoms with van der Waals surface area (Å²) in [6.07, 6.45) is 13.7. The molecule has 0 heterocycles. The van der Waals surface area contributed by atoms with Crippen LogP contribution in [0.4, 0.5) is 0 Å². The van der Waals surface area contributed by atoms with Gasteiger partial charge in [-0.2, -0.15) is 0 Å². The van der Waals surface area contributed by atoms with E-state index in [1.54, 1.807) is 0 Å². The Hall–Kier alpha value is -0.0800. The van der Waals surface area contributed by atoms with Crippen molar-refractivity contribution < 1.29 is 0 Å². The molecule has 0 bridgehead atoms. The number of hydrogen-bond acceptors (Lipinski definition) is 2. The smallest absolute Gasteiger partial charge is 0.0639 e. The fraction of sp³-hybridized carbons (Fsp3) is 1.00. The first-order valence-corrected chi connectivity index (χ1v) is 9.42. The average molecular weight is 290 g/mol. The lowest BCUT2D eigenvalue weighted by Crippen LogP contribution is -2.60. The second-order valence-corrected chi connectivity index (χ2v) is 9.68. The monoisotopic (exact) mass is 290 g/mol. The highest BCUT2D eigenvalue weighted by atomic mass is 15.0. The van der Waals surface area contributed by atoms with Crippen LogP contribution < -0.4 is 11.5 Å². The third-order valence-corrected chi connectivity index (χ3v) is 8.60. The molecule has 4 rings (SSSR count). The molecule has 1 unspecified atom stereocenters. The molecule has 4 aliphatic rings. The summed E-state index contributed by atoms with van der Waals surface area (Å²) in [6.45, 7) is 5.20. The molecule has 4 saturated carbocycles. The summed E-state index contributed by atoms with van der Waals surface area (Å²) in [5.41, 5.74) is 13.4. The van der Waals surface area contributed by atoms with Crippen LogP contribution in [0.15, 0.2) is 0 Å². The maximum absolute atomic E-state index is 6.30. The molecule has 0 saturated heterocycles. The Balaban J connectivity index is 1.62. The van der Waals surface area contributed by atoms with Gasteiger partial charge in [-0.25, -0.2) is 0 Å². The van der Waals surface area contributed by atoms with Gasteiger partial charge in [-0.05, 0) is 92.3 Å². The molecule has 4 N–H and O–H groups in total. The molecule has 2 nitrogen and oxygen atoms in total. The van der Waals surface area contributed by atoms with Crippen LogP contribution >= 0.6 is 0 Å². The molecular weight excluding hydrogens is 256 g/mol. The zero-order valence-electron chi connectivity index (χ0n) is 14.0. The highest BCUT2D eigenvalue weighted by Gasteiger charge is 2.58. The van der Waals surface area contributed by atoms with Crippen LogP contribution in [0.1, 0.15) is 78.1 Å². The lowest BCUT2D eigenvalue weighted by atomic mass is 9.45. The van der Waals surface area contributed by atoms with E-state index in [2.05, 4.69) is 13.8 Å². The van der Waals surface area contributed by atoms with Gasteiger partial charge in [-0.1, -0.05) is 20.3 Å². The van der Waals surface area contributed by atoms with E-state index in [1.165, 1.54) is 51.4 Å². The summed E-state index contributed by atoms with van der Waals surface area (Å²) in [7, 11) is 0. The second kappa shape index (κ2) is 4.47. The van der Waals surface area contributed by atoms with Crippen molar-refractivity contribution in [2.45, 2.75) is 83.7 Å². The highest BCUT2D eigenvalue weighted by molar-refractivity contribution is 5.08. The number of nitrogens with two attached hydrogens (primary N) is 2. The second-order valence-electron chi connectivity index (χ2n) is 9.68. The molecule has 0 spiro atoms. The minimum absolute atomic E-state index is 0.381. The molecular formula is C19H34N2. The van der Waals surface area contributed by atoms with E-state index in [0.717, 1.165) is 36.5 Å². The summed E-state index contributed by atoms with van der Waals surface area (Å²) < 4.78 is 0. The quantitative estimate of drug-likeness (QED) is 0.662. The predicted molar refractivity (Wildman–Crippen MR) is 87.4 cm³/mol. The van der Waals surface area contributed by atoms with Crippen LogP contribution in [0.25, 0.3) is 0 Å². The van der Waals surface area contributed by atoms with E-state index >= 15 is 0 Å². The first kappa shape index (κ1) is 14.5. The van der Waals surface area contributed by atoms with Crippen molar-refractivity contribution in [3.8, 4) is 0 Å². The standard InChI is InChI=1S/C19H34N2/c1-17-8-3-4-15(17)14-6-5-13-12-19(20,21)11-10-18(13,2)16(14)7-9-17/h13-16H,3-12,20-21H2,1-2H3/t13?,14-,15-,16-,17-,18-/m0/s1. The van der Waals surface area contributed by atoms with Crippen molar-refractivity contribution in [2.24, 2.45) is 46.0 Å². The third-order valence-electron chi connectivity index (χ3n) is 8.60. The molecule has 0 aliphatic heterocycles. The van der Waals surface area contributed by atoms with Gasteiger partial charge in [0.15, 0.2) is 0 Å². The van der Waals surface area contributed by atoms with Gasteiger partial charge >= 0.3 is 0 Å². The minimum atomic E-state index is -0.381. The molecule has 21 heavy (non-hydrogen) atoms. The lowest BCUT2D eigenvalue weighted by molar-refractivity contribution is -0.113. The molecule has 0 aromatic carbocycles. The Kier molecular flexibility index (Phi) is 3.09. The van der Waals surface area contributed by atoms with Gasteiger partial charge < -0.3 is 11.5 Å². The maximum atomic E-state index is 6.30. The average Bonchev–Trinajstić information content (AvgIpc) is 2.81. The summed E-state index contributed by atoms with van der Waals surface area (Å²) in [5.74, 6) is 3.78. The number of fused-ring (bicyclic) bond motifs is 5. The first-order chi connectivity index (χ1) is 9.84. The Bertz CT molecular complexity index is 431. The molecule has 4 fully saturated rings. The lowest BCUT2D eigenvalue weighted by Gasteiger charge is -2.61. The van der Waals surface area contributed by atoms with E-state index in [9.17, 15) is 0 Å². The van der Waals surface area contributed by atoms with Crippen LogP contribution in [-0.2, 0) is 0 Å². The zero-order valence-corrected chi connectivity index (χ0v) is 14.0. The Morgan fingerprint density at radius 3 is 2.43 bits per heavy atom. The minimum Gasteiger partial charge on any atom is -0.313 e. The summed E-state index contributed by atoms with van der Waals surface area (Å²) in [5, 5.41) is 0. The van der Waals surface area contributed by atoms with Crippen LogP contribution in [0.3, 0.4) is 0 Å². The number of rotatable bonds is 0. The Morgan fingerprint density at radius 2 is 1.62 bits per heavy atom. The third kappa shape index (κ3) is 2.05. The van der Waals surface area contributed by atoms with Crippen LogP contribution in [-0.4, -0.2) is 5.66 Å².